The molecule has 3 rings (SSSR count). The van der Waals surface area contributed by atoms with E-state index in [-0.39, 0.29) is 5.97 Å². The number of carbonyl (C=O) groups excluding carboxylic acids is 1. The van der Waals surface area contributed by atoms with Crippen LogP contribution in [0, 0.1) is 5.41 Å². The molecule has 0 aliphatic heterocycles. The fourth-order valence-corrected chi connectivity index (χ4v) is 2.82. The Labute approximate surface area is 137 Å². The van der Waals surface area contributed by atoms with Crippen LogP contribution in [0.4, 0.5) is 0 Å². The average Bonchev–Trinajstić information content (AvgIpc) is 3.34. The first-order valence-electron chi connectivity index (χ1n) is 7.83. The normalized spacial score (nSPS) is 19.4. The minimum Gasteiger partial charge on any atom is -0.468 e. The molecule has 1 aliphatic carbocycles. The molecule has 116 valence electrons. The molecular weight excluding hydrogens is 284 g/mol. The Kier molecular flexibility index (Phi) is 4.42. The van der Waals surface area contributed by atoms with E-state index >= 15 is 0 Å². The summed E-state index contributed by atoms with van der Waals surface area (Å²) in [6, 6.07) is 20.3. The molecule has 0 saturated carbocycles. The lowest BCUT2D eigenvalue weighted by Crippen LogP contribution is -2.19. The smallest absolute Gasteiger partial charge is 0.323 e. The Morgan fingerprint density at radius 2 is 1.65 bits per heavy atom. The van der Waals surface area contributed by atoms with Gasteiger partial charge >= 0.3 is 5.97 Å². The number of esters is 1. The molecule has 0 saturated heterocycles. The number of hydrogen-bond donors (Lipinski definition) is 0. The van der Waals surface area contributed by atoms with Crippen LogP contribution in [0.25, 0.3) is 6.08 Å². The first-order chi connectivity index (χ1) is 11.2. The Morgan fingerprint density at radius 3 is 2.30 bits per heavy atom. The number of benzene rings is 2. The van der Waals surface area contributed by atoms with E-state index in [9.17, 15) is 4.79 Å². The van der Waals surface area contributed by atoms with E-state index in [1.807, 2.05) is 66.8 Å². The third-order valence-corrected chi connectivity index (χ3v) is 4.24. The van der Waals surface area contributed by atoms with Crippen LogP contribution >= 0.6 is 0 Å². The number of hydrogen-bond acceptors (Lipinski definition) is 2. The number of ether oxygens (including phenoxy) is 1. The first kappa shape index (κ1) is 15.3. The second-order valence-electron chi connectivity index (χ2n) is 5.76. The Balaban J connectivity index is 1.69. The van der Waals surface area contributed by atoms with Crippen molar-refractivity contribution in [1.29, 1.82) is 0 Å². The lowest BCUT2D eigenvalue weighted by atomic mass is 9.95. The maximum Gasteiger partial charge on any atom is 0.323 e. The second kappa shape index (κ2) is 6.66. The van der Waals surface area contributed by atoms with Crippen LogP contribution in [-0.4, -0.2) is 13.1 Å². The summed E-state index contributed by atoms with van der Waals surface area (Å²) in [4.78, 5) is 12.2. The summed E-state index contributed by atoms with van der Waals surface area (Å²) in [6.45, 7) is 0. The lowest BCUT2D eigenvalue weighted by Gasteiger charge is -2.12. The Bertz CT molecular complexity index is 729. The van der Waals surface area contributed by atoms with Crippen LogP contribution in [0.15, 0.2) is 78.4 Å². The molecular formula is C21H20O2. The molecule has 0 radical (unpaired) electrons. The molecule has 0 amide bonds. The molecule has 0 N–H and O–H groups in total. The van der Waals surface area contributed by atoms with Gasteiger partial charge in [0.1, 0.15) is 5.41 Å². The molecule has 2 aromatic carbocycles. The van der Waals surface area contributed by atoms with Crippen LogP contribution < -0.4 is 0 Å². The SMILES string of the molecule is COC(=O)[C@]1(/C=C/c2ccccc2)C=C1CCc1ccccc1. The number of rotatable bonds is 6. The van der Waals surface area contributed by atoms with Crippen LogP contribution in [0.2, 0.25) is 0 Å². The second-order valence-corrected chi connectivity index (χ2v) is 5.76. The van der Waals surface area contributed by atoms with Crippen molar-refractivity contribution in [3.8, 4) is 0 Å². The predicted molar refractivity (Wildman–Crippen MR) is 92.8 cm³/mol. The van der Waals surface area contributed by atoms with E-state index in [1.54, 1.807) is 0 Å². The van der Waals surface area contributed by atoms with Crippen molar-refractivity contribution in [2.24, 2.45) is 5.41 Å². The maximum absolute atomic E-state index is 12.2. The van der Waals surface area contributed by atoms with Gasteiger partial charge in [-0.3, -0.25) is 4.79 Å². The van der Waals surface area contributed by atoms with Crippen molar-refractivity contribution in [2.75, 3.05) is 7.11 Å². The maximum atomic E-state index is 12.2. The van der Waals surface area contributed by atoms with Gasteiger partial charge in [-0.2, -0.15) is 0 Å². The minimum atomic E-state index is -0.640. The largest absolute Gasteiger partial charge is 0.468 e. The van der Waals surface area contributed by atoms with E-state index in [2.05, 4.69) is 12.1 Å². The van der Waals surface area contributed by atoms with Gasteiger partial charge in [0.2, 0.25) is 0 Å². The molecule has 2 aromatic rings. The molecule has 0 unspecified atom stereocenters. The zero-order chi connectivity index (χ0) is 16.1. The predicted octanol–water partition coefficient (Wildman–Crippen LogP) is 4.43. The summed E-state index contributed by atoms with van der Waals surface area (Å²) in [5, 5.41) is 0. The van der Waals surface area contributed by atoms with E-state index in [4.69, 9.17) is 4.74 Å². The highest BCUT2D eigenvalue weighted by Crippen LogP contribution is 2.49. The van der Waals surface area contributed by atoms with E-state index < -0.39 is 5.41 Å². The molecule has 0 aromatic heterocycles. The van der Waals surface area contributed by atoms with Crippen LogP contribution in [-0.2, 0) is 16.0 Å². The van der Waals surface area contributed by atoms with Crippen molar-refractivity contribution in [1.82, 2.24) is 0 Å². The minimum absolute atomic E-state index is 0.201. The lowest BCUT2D eigenvalue weighted by molar-refractivity contribution is -0.144. The summed E-state index contributed by atoms with van der Waals surface area (Å²) in [6.07, 6.45) is 7.77. The van der Waals surface area contributed by atoms with Crippen LogP contribution in [0.5, 0.6) is 0 Å². The molecule has 0 fully saturated rings. The van der Waals surface area contributed by atoms with Crippen molar-refractivity contribution in [2.45, 2.75) is 12.8 Å². The third-order valence-electron chi connectivity index (χ3n) is 4.24. The highest BCUT2D eigenvalue weighted by atomic mass is 16.5. The monoisotopic (exact) mass is 304 g/mol. The molecule has 2 nitrogen and oxygen atoms in total. The molecule has 1 aliphatic rings. The highest BCUT2D eigenvalue weighted by molar-refractivity contribution is 5.92. The van der Waals surface area contributed by atoms with Gasteiger partial charge in [-0.05, 0) is 29.5 Å². The topological polar surface area (TPSA) is 26.3 Å². The van der Waals surface area contributed by atoms with E-state index in [0.29, 0.717) is 0 Å². The van der Waals surface area contributed by atoms with E-state index in [1.165, 1.54) is 12.7 Å². The summed E-state index contributed by atoms with van der Waals surface area (Å²) < 4.78 is 5.01. The van der Waals surface area contributed by atoms with Gasteiger partial charge in [0, 0.05) is 0 Å². The van der Waals surface area contributed by atoms with Crippen molar-refractivity contribution in [3.63, 3.8) is 0 Å². The first-order valence-corrected chi connectivity index (χ1v) is 7.83. The van der Waals surface area contributed by atoms with Gasteiger partial charge in [0.25, 0.3) is 0 Å². The molecule has 23 heavy (non-hydrogen) atoms. The number of carbonyl (C=O) groups is 1. The summed E-state index contributed by atoms with van der Waals surface area (Å²) in [5.74, 6) is -0.201. The van der Waals surface area contributed by atoms with Crippen molar-refractivity contribution < 1.29 is 9.53 Å². The van der Waals surface area contributed by atoms with Crippen molar-refractivity contribution in [3.05, 3.63) is 89.5 Å². The third kappa shape index (κ3) is 3.42. The Morgan fingerprint density at radius 1 is 1.00 bits per heavy atom. The summed E-state index contributed by atoms with van der Waals surface area (Å²) in [5.41, 5.74) is 2.87. The quantitative estimate of drug-likeness (QED) is 0.583. The van der Waals surface area contributed by atoms with Crippen molar-refractivity contribution >= 4 is 12.0 Å². The number of methoxy groups -OCH3 is 1. The van der Waals surface area contributed by atoms with Gasteiger partial charge < -0.3 is 4.74 Å². The molecule has 0 bridgehead atoms. The van der Waals surface area contributed by atoms with Gasteiger partial charge in [-0.25, -0.2) is 0 Å². The fourth-order valence-electron chi connectivity index (χ4n) is 2.82. The number of aryl methyl sites for hydroxylation is 1. The summed E-state index contributed by atoms with van der Waals surface area (Å²) in [7, 11) is 1.45. The molecule has 0 heterocycles. The van der Waals surface area contributed by atoms with Gasteiger partial charge in [0.05, 0.1) is 7.11 Å². The zero-order valence-corrected chi connectivity index (χ0v) is 13.2. The van der Waals surface area contributed by atoms with Gasteiger partial charge in [-0.1, -0.05) is 78.9 Å². The fraction of sp³-hybridized carbons (Fsp3) is 0.190. The van der Waals surface area contributed by atoms with Crippen LogP contribution in [0.1, 0.15) is 17.5 Å². The highest BCUT2D eigenvalue weighted by Gasteiger charge is 2.49. The van der Waals surface area contributed by atoms with Gasteiger partial charge in [-0.15, -0.1) is 0 Å². The average molecular weight is 304 g/mol. The molecule has 1 atom stereocenters. The van der Waals surface area contributed by atoms with E-state index in [0.717, 1.165) is 24.0 Å². The van der Waals surface area contributed by atoms with Crippen LogP contribution in [0.3, 0.4) is 0 Å². The molecule has 0 spiro atoms. The standard InChI is InChI=1S/C21H20O2/c1-23-20(22)21(15-14-18-10-6-3-7-11-18)16-19(21)13-12-17-8-4-2-5-9-17/h2-11,14-16H,12-13H2,1H3/b15-14+/t21-/m1/s1. The molecule has 2 heteroatoms. The Hall–Kier alpha value is -2.61. The zero-order valence-electron chi connectivity index (χ0n) is 13.2. The summed E-state index contributed by atoms with van der Waals surface area (Å²) >= 11 is 0. The van der Waals surface area contributed by atoms with Gasteiger partial charge in [0.15, 0.2) is 0 Å².